The van der Waals surface area contributed by atoms with Crippen LogP contribution in [0.2, 0.25) is 0 Å². The van der Waals surface area contributed by atoms with Crippen LogP contribution in [-0.4, -0.2) is 27.5 Å². The fraction of sp³-hybridized carbons (Fsp3) is 0.150. The van der Waals surface area contributed by atoms with Gasteiger partial charge in [0, 0.05) is 12.5 Å². The van der Waals surface area contributed by atoms with Gasteiger partial charge < -0.3 is 10.2 Å². The predicted molar refractivity (Wildman–Crippen MR) is 99.4 cm³/mol. The Kier molecular flexibility index (Phi) is 4.42. The molecule has 2 aromatic carbocycles. The van der Waals surface area contributed by atoms with Gasteiger partial charge in [0.15, 0.2) is 0 Å². The van der Waals surface area contributed by atoms with Crippen molar-refractivity contribution in [2.24, 2.45) is 5.16 Å². The molecule has 0 aliphatic carbocycles. The van der Waals surface area contributed by atoms with E-state index in [-0.39, 0.29) is 11.7 Å². The zero-order chi connectivity index (χ0) is 18.8. The van der Waals surface area contributed by atoms with E-state index in [4.69, 9.17) is 4.84 Å². The topological polar surface area (TPSA) is 68.5 Å². The first-order valence-electron chi connectivity index (χ1n) is 8.52. The normalized spacial score (nSPS) is 15.9. The number of benzene rings is 2. The highest BCUT2D eigenvalue weighted by atomic mass is 19.1. The Balaban J connectivity index is 1.47. The maximum Gasteiger partial charge on any atom is 0.269 e. The van der Waals surface area contributed by atoms with Crippen LogP contribution in [0.4, 0.5) is 10.2 Å². The quantitative estimate of drug-likeness (QED) is 0.771. The Morgan fingerprint density at radius 1 is 1.19 bits per heavy atom. The van der Waals surface area contributed by atoms with Gasteiger partial charge in [-0.05, 0) is 36.8 Å². The number of carbonyl (C=O) groups excluding carboxylic acids is 1. The van der Waals surface area contributed by atoms with E-state index in [1.807, 2.05) is 37.3 Å². The number of para-hydroxylation sites is 1. The second-order valence-electron chi connectivity index (χ2n) is 6.25. The lowest BCUT2D eigenvalue weighted by atomic mass is 10.0. The van der Waals surface area contributed by atoms with Crippen LogP contribution in [0, 0.1) is 12.7 Å². The molecule has 0 fully saturated rings. The molecule has 0 spiro atoms. The molecule has 1 aliphatic rings. The molecule has 0 bridgehead atoms. The molecule has 3 aromatic rings. The van der Waals surface area contributed by atoms with Gasteiger partial charge in [-0.2, -0.15) is 5.10 Å². The van der Waals surface area contributed by atoms with Crippen LogP contribution in [0.3, 0.4) is 0 Å². The number of nitrogens with zero attached hydrogens (tertiary/aromatic N) is 3. The lowest BCUT2D eigenvalue weighted by molar-refractivity contribution is -0.125. The van der Waals surface area contributed by atoms with E-state index >= 15 is 0 Å². The number of aromatic nitrogens is 2. The number of hydrogen-bond acceptors (Lipinski definition) is 4. The molecule has 1 amide bonds. The number of carbonyl (C=O) groups is 1. The molecular formula is C20H17FN4O2. The summed E-state index contributed by atoms with van der Waals surface area (Å²) in [5, 5.41) is 11.3. The number of amides is 1. The molecule has 1 aromatic heterocycles. The molecule has 2 heterocycles. The molecule has 4 rings (SSSR count). The van der Waals surface area contributed by atoms with Gasteiger partial charge in [-0.15, -0.1) is 0 Å². The third kappa shape index (κ3) is 3.57. The molecule has 7 heteroatoms. The van der Waals surface area contributed by atoms with E-state index in [0.717, 1.165) is 16.9 Å². The summed E-state index contributed by atoms with van der Waals surface area (Å²) >= 11 is 0. The molecular weight excluding hydrogens is 347 g/mol. The minimum atomic E-state index is -0.746. The van der Waals surface area contributed by atoms with Crippen LogP contribution in [0.15, 0.2) is 65.8 Å². The van der Waals surface area contributed by atoms with Crippen LogP contribution in [0.25, 0.3) is 5.69 Å². The van der Waals surface area contributed by atoms with Gasteiger partial charge in [-0.3, -0.25) is 4.79 Å². The van der Waals surface area contributed by atoms with E-state index in [1.165, 1.54) is 12.1 Å². The predicted octanol–water partition coefficient (Wildman–Crippen LogP) is 3.45. The Morgan fingerprint density at radius 2 is 1.93 bits per heavy atom. The van der Waals surface area contributed by atoms with Crippen molar-refractivity contribution in [3.8, 4) is 5.69 Å². The van der Waals surface area contributed by atoms with Gasteiger partial charge in [0.25, 0.3) is 5.91 Å². The summed E-state index contributed by atoms with van der Waals surface area (Å²) in [6, 6.07) is 17.3. The summed E-state index contributed by atoms with van der Waals surface area (Å²) in [6.45, 7) is 1.86. The van der Waals surface area contributed by atoms with Gasteiger partial charge in [0.05, 0.1) is 17.1 Å². The van der Waals surface area contributed by atoms with Crippen molar-refractivity contribution in [2.75, 3.05) is 5.32 Å². The van der Waals surface area contributed by atoms with E-state index in [2.05, 4.69) is 15.6 Å². The highest BCUT2D eigenvalue weighted by Crippen LogP contribution is 2.21. The van der Waals surface area contributed by atoms with Gasteiger partial charge in [-0.1, -0.05) is 35.5 Å². The SMILES string of the molecule is Cc1cc(NC(=O)[C@@H]2CC(c3ccc(F)cc3)=NO2)n(-c2ccccc2)n1. The number of oxime groups is 1. The maximum atomic E-state index is 13.1. The first kappa shape index (κ1) is 17.0. The van der Waals surface area contributed by atoms with Crippen molar-refractivity contribution < 1.29 is 14.0 Å². The number of nitrogens with one attached hydrogen (secondary N) is 1. The largest absolute Gasteiger partial charge is 0.382 e. The van der Waals surface area contributed by atoms with Crippen molar-refractivity contribution in [1.29, 1.82) is 0 Å². The van der Waals surface area contributed by atoms with E-state index < -0.39 is 6.10 Å². The van der Waals surface area contributed by atoms with Crippen LogP contribution < -0.4 is 5.32 Å². The van der Waals surface area contributed by atoms with E-state index in [1.54, 1.807) is 22.9 Å². The average molecular weight is 364 g/mol. The lowest BCUT2D eigenvalue weighted by Gasteiger charge is -2.11. The number of aryl methyl sites for hydroxylation is 1. The standard InChI is InChI=1S/C20H17FN4O2/c1-13-11-19(25(23-13)16-5-3-2-4-6-16)22-20(26)18-12-17(24-27-18)14-7-9-15(21)10-8-14/h2-11,18H,12H2,1H3,(H,22,26)/t18-/m0/s1. The van der Waals surface area contributed by atoms with Crippen LogP contribution >= 0.6 is 0 Å². The number of hydrogen-bond donors (Lipinski definition) is 1. The molecule has 0 radical (unpaired) electrons. The molecule has 27 heavy (non-hydrogen) atoms. The number of rotatable bonds is 4. The van der Waals surface area contributed by atoms with Crippen molar-refractivity contribution in [2.45, 2.75) is 19.4 Å². The van der Waals surface area contributed by atoms with Crippen molar-refractivity contribution in [1.82, 2.24) is 9.78 Å². The van der Waals surface area contributed by atoms with Crippen molar-refractivity contribution >= 4 is 17.4 Å². The van der Waals surface area contributed by atoms with E-state index in [0.29, 0.717) is 18.0 Å². The van der Waals surface area contributed by atoms with Gasteiger partial charge >= 0.3 is 0 Å². The van der Waals surface area contributed by atoms with Gasteiger partial charge in [-0.25, -0.2) is 9.07 Å². The maximum absolute atomic E-state index is 13.1. The van der Waals surface area contributed by atoms with Crippen LogP contribution in [0.5, 0.6) is 0 Å². The van der Waals surface area contributed by atoms with Crippen LogP contribution in [-0.2, 0) is 9.63 Å². The fourth-order valence-electron chi connectivity index (χ4n) is 2.89. The summed E-state index contributed by atoms with van der Waals surface area (Å²) in [5.41, 5.74) is 2.97. The zero-order valence-electron chi connectivity index (χ0n) is 14.6. The Morgan fingerprint density at radius 3 is 2.67 bits per heavy atom. The molecule has 136 valence electrons. The number of anilines is 1. The molecule has 1 N–H and O–H groups in total. The highest BCUT2D eigenvalue weighted by molar-refractivity contribution is 6.06. The minimum Gasteiger partial charge on any atom is -0.382 e. The first-order valence-corrected chi connectivity index (χ1v) is 8.52. The Bertz CT molecular complexity index is 997. The van der Waals surface area contributed by atoms with Crippen LogP contribution in [0.1, 0.15) is 17.7 Å². The molecule has 1 aliphatic heterocycles. The van der Waals surface area contributed by atoms with Gasteiger partial charge in [0.2, 0.25) is 6.10 Å². The molecule has 1 atom stereocenters. The summed E-state index contributed by atoms with van der Waals surface area (Å²) < 4.78 is 14.7. The third-order valence-corrected chi connectivity index (χ3v) is 4.22. The monoisotopic (exact) mass is 364 g/mol. The van der Waals surface area contributed by atoms with Gasteiger partial charge in [0.1, 0.15) is 11.6 Å². The van der Waals surface area contributed by atoms with Crippen molar-refractivity contribution in [3.05, 3.63) is 77.7 Å². The summed E-state index contributed by atoms with van der Waals surface area (Å²) in [6.07, 6.45) is -0.430. The number of halogens is 1. The molecule has 0 saturated carbocycles. The highest BCUT2D eigenvalue weighted by Gasteiger charge is 2.29. The molecule has 0 unspecified atom stereocenters. The Labute approximate surface area is 155 Å². The lowest BCUT2D eigenvalue weighted by Crippen LogP contribution is -2.29. The third-order valence-electron chi connectivity index (χ3n) is 4.22. The second kappa shape index (κ2) is 7.03. The second-order valence-corrected chi connectivity index (χ2v) is 6.25. The zero-order valence-corrected chi connectivity index (χ0v) is 14.6. The molecule has 6 nitrogen and oxygen atoms in total. The first-order chi connectivity index (χ1) is 13.1. The Hall–Kier alpha value is -3.48. The van der Waals surface area contributed by atoms with E-state index in [9.17, 15) is 9.18 Å². The smallest absolute Gasteiger partial charge is 0.269 e. The van der Waals surface area contributed by atoms with Crippen molar-refractivity contribution in [3.63, 3.8) is 0 Å². The summed E-state index contributed by atoms with van der Waals surface area (Å²) in [5.74, 6) is -0.0763. The summed E-state index contributed by atoms with van der Waals surface area (Å²) in [7, 11) is 0. The summed E-state index contributed by atoms with van der Waals surface area (Å²) in [4.78, 5) is 17.9. The minimum absolute atomic E-state index is 0.312. The molecule has 0 saturated heterocycles. The fourth-order valence-corrected chi connectivity index (χ4v) is 2.89. The average Bonchev–Trinajstić information content (AvgIpc) is 3.30.